The van der Waals surface area contributed by atoms with Crippen LogP contribution in [0.25, 0.3) is 10.2 Å². The van der Waals surface area contributed by atoms with E-state index in [4.69, 9.17) is 9.47 Å². The number of carbonyl (C=O) groups excluding carboxylic acids is 1. The number of carbonyl (C=O) groups is 1. The Morgan fingerprint density at radius 2 is 2.07 bits per heavy atom. The summed E-state index contributed by atoms with van der Waals surface area (Å²) in [7, 11) is 1.54. The number of thiazole rings is 2. The van der Waals surface area contributed by atoms with Crippen LogP contribution in [-0.4, -0.2) is 23.0 Å². The molecule has 0 aliphatic heterocycles. The van der Waals surface area contributed by atoms with Crippen LogP contribution in [0.5, 0.6) is 11.5 Å². The monoisotopic (exact) mass is 411 g/mol. The highest BCUT2D eigenvalue weighted by molar-refractivity contribution is 7.22. The van der Waals surface area contributed by atoms with Crippen LogP contribution in [0.4, 0.5) is 5.13 Å². The van der Waals surface area contributed by atoms with Crippen molar-refractivity contribution in [1.82, 2.24) is 9.97 Å². The molecule has 0 unspecified atom stereocenters. The van der Waals surface area contributed by atoms with Crippen molar-refractivity contribution in [3.63, 3.8) is 0 Å². The van der Waals surface area contributed by atoms with Gasteiger partial charge in [0.25, 0.3) is 5.91 Å². The molecule has 28 heavy (non-hydrogen) atoms. The molecule has 0 aliphatic rings. The Balaban J connectivity index is 1.50. The number of anilines is 1. The molecule has 0 fully saturated rings. The summed E-state index contributed by atoms with van der Waals surface area (Å²) in [6, 6.07) is 11.1. The fourth-order valence-corrected chi connectivity index (χ4v) is 4.15. The lowest BCUT2D eigenvalue weighted by atomic mass is 10.2. The van der Waals surface area contributed by atoms with Crippen LogP contribution in [0.1, 0.15) is 21.6 Å². The molecular weight excluding hydrogens is 394 g/mol. The van der Waals surface area contributed by atoms with Gasteiger partial charge < -0.3 is 9.47 Å². The molecule has 0 aliphatic carbocycles. The Hall–Kier alpha value is -2.97. The lowest BCUT2D eigenvalue weighted by molar-refractivity contribution is 0.102. The van der Waals surface area contributed by atoms with Crippen LogP contribution in [0.15, 0.2) is 47.3 Å². The van der Waals surface area contributed by atoms with Crippen molar-refractivity contribution in [1.29, 1.82) is 0 Å². The summed E-state index contributed by atoms with van der Waals surface area (Å²) in [5.41, 5.74) is 5.10. The second kappa shape index (κ2) is 7.95. The molecular formula is C20H17N3O3S2. The first kappa shape index (κ1) is 18.4. The van der Waals surface area contributed by atoms with Gasteiger partial charge in [-0.25, -0.2) is 9.97 Å². The van der Waals surface area contributed by atoms with Crippen LogP contribution >= 0.6 is 22.7 Å². The van der Waals surface area contributed by atoms with Gasteiger partial charge in [-0.05, 0) is 42.8 Å². The van der Waals surface area contributed by atoms with E-state index < -0.39 is 0 Å². The molecule has 142 valence electrons. The topological polar surface area (TPSA) is 73.3 Å². The maximum Gasteiger partial charge on any atom is 0.257 e. The predicted molar refractivity (Wildman–Crippen MR) is 112 cm³/mol. The number of nitrogens with zero attached hydrogens (tertiary/aromatic N) is 2. The highest BCUT2D eigenvalue weighted by Gasteiger charge is 2.14. The summed E-state index contributed by atoms with van der Waals surface area (Å²) in [5.74, 6) is 0.797. The largest absolute Gasteiger partial charge is 0.493 e. The minimum Gasteiger partial charge on any atom is -0.493 e. The van der Waals surface area contributed by atoms with Crippen molar-refractivity contribution < 1.29 is 14.3 Å². The van der Waals surface area contributed by atoms with E-state index >= 15 is 0 Å². The minimum atomic E-state index is -0.250. The van der Waals surface area contributed by atoms with Crippen molar-refractivity contribution in [2.45, 2.75) is 13.5 Å². The van der Waals surface area contributed by atoms with E-state index in [2.05, 4.69) is 21.4 Å². The summed E-state index contributed by atoms with van der Waals surface area (Å²) >= 11 is 2.96. The molecule has 4 rings (SSSR count). The van der Waals surface area contributed by atoms with E-state index in [1.807, 2.05) is 24.4 Å². The average Bonchev–Trinajstić information content (AvgIpc) is 3.35. The lowest BCUT2D eigenvalue weighted by Gasteiger charge is -2.11. The Morgan fingerprint density at radius 1 is 1.18 bits per heavy atom. The number of ether oxygens (including phenoxy) is 2. The molecule has 2 heterocycles. The molecule has 2 aromatic carbocycles. The van der Waals surface area contributed by atoms with Crippen LogP contribution < -0.4 is 14.8 Å². The van der Waals surface area contributed by atoms with Crippen molar-refractivity contribution in [3.05, 3.63) is 64.1 Å². The molecule has 1 N–H and O–H groups in total. The second-order valence-electron chi connectivity index (χ2n) is 6.08. The number of benzene rings is 2. The van der Waals surface area contributed by atoms with Gasteiger partial charge in [0.05, 0.1) is 28.5 Å². The van der Waals surface area contributed by atoms with Crippen molar-refractivity contribution in [2.75, 3.05) is 12.4 Å². The highest BCUT2D eigenvalue weighted by atomic mass is 32.1. The Bertz CT molecular complexity index is 1120. The number of aryl methyl sites for hydroxylation is 1. The van der Waals surface area contributed by atoms with Gasteiger partial charge in [0, 0.05) is 10.9 Å². The third-order valence-electron chi connectivity index (χ3n) is 4.05. The first-order valence-electron chi connectivity index (χ1n) is 8.49. The van der Waals surface area contributed by atoms with E-state index in [0.717, 1.165) is 21.5 Å². The van der Waals surface area contributed by atoms with Gasteiger partial charge in [0.1, 0.15) is 6.61 Å². The normalized spacial score (nSPS) is 10.8. The zero-order chi connectivity index (χ0) is 19.5. The van der Waals surface area contributed by atoms with E-state index in [9.17, 15) is 4.79 Å². The van der Waals surface area contributed by atoms with Crippen LogP contribution in [0.2, 0.25) is 0 Å². The first-order chi connectivity index (χ1) is 13.6. The van der Waals surface area contributed by atoms with Crippen LogP contribution in [0.3, 0.4) is 0 Å². The summed E-state index contributed by atoms with van der Waals surface area (Å²) in [4.78, 5) is 21.3. The molecule has 6 nitrogen and oxygen atoms in total. The van der Waals surface area contributed by atoms with Gasteiger partial charge in [-0.15, -0.1) is 11.3 Å². The van der Waals surface area contributed by atoms with Gasteiger partial charge in [-0.2, -0.15) is 0 Å². The fourth-order valence-electron chi connectivity index (χ4n) is 2.64. The Morgan fingerprint density at radius 3 is 2.86 bits per heavy atom. The number of aromatic nitrogens is 2. The SMILES string of the molecule is COc1cc(C(=O)Nc2nc3ccc(C)cc3s2)ccc1OCc1cscn1. The van der Waals surface area contributed by atoms with E-state index in [-0.39, 0.29) is 5.91 Å². The quantitative estimate of drug-likeness (QED) is 0.488. The van der Waals surface area contributed by atoms with E-state index in [1.165, 1.54) is 22.7 Å². The predicted octanol–water partition coefficient (Wildman–Crippen LogP) is 4.90. The molecule has 0 atom stereocenters. The van der Waals surface area contributed by atoms with Crippen LogP contribution in [0, 0.1) is 6.92 Å². The smallest absolute Gasteiger partial charge is 0.257 e. The summed E-state index contributed by atoms with van der Waals surface area (Å²) in [6.07, 6.45) is 0. The standard InChI is InChI=1S/C20H17N3O3S2/c1-12-3-5-15-18(7-12)28-20(22-15)23-19(24)13-4-6-16(17(8-13)25-2)26-9-14-10-27-11-21-14/h3-8,10-11H,9H2,1-2H3,(H,22,23,24). The number of amides is 1. The van der Waals surface area contributed by atoms with Crippen molar-refractivity contribution in [3.8, 4) is 11.5 Å². The molecule has 4 aromatic rings. The maximum absolute atomic E-state index is 12.6. The molecule has 0 spiro atoms. The number of rotatable bonds is 6. The molecule has 0 radical (unpaired) electrons. The summed E-state index contributed by atoms with van der Waals surface area (Å²) < 4.78 is 12.2. The molecule has 0 bridgehead atoms. The average molecular weight is 412 g/mol. The number of hydrogen-bond donors (Lipinski definition) is 1. The van der Waals surface area contributed by atoms with Gasteiger partial charge >= 0.3 is 0 Å². The zero-order valence-electron chi connectivity index (χ0n) is 15.3. The lowest BCUT2D eigenvalue weighted by Crippen LogP contribution is -2.12. The van der Waals surface area contributed by atoms with Gasteiger partial charge in [-0.3, -0.25) is 10.1 Å². The minimum absolute atomic E-state index is 0.250. The summed E-state index contributed by atoms with van der Waals surface area (Å²) in [6.45, 7) is 2.37. The molecule has 0 saturated carbocycles. The van der Waals surface area contributed by atoms with E-state index in [0.29, 0.717) is 28.8 Å². The highest BCUT2D eigenvalue weighted by Crippen LogP contribution is 2.30. The number of methoxy groups -OCH3 is 1. The number of hydrogen-bond acceptors (Lipinski definition) is 7. The maximum atomic E-state index is 12.6. The zero-order valence-corrected chi connectivity index (χ0v) is 16.9. The van der Waals surface area contributed by atoms with Crippen LogP contribution in [-0.2, 0) is 6.61 Å². The van der Waals surface area contributed by atoms with E-state index in [1.54, 1.807) is 30.8 Å². The third-order valence-corrected chi connectivity index (χ3v) is 5.62. The van der Waals surface area contributed by atoms with Crippen molar-refractivity contribution in [2.24, 2.45) is 0 Å². The van der Waals surface area contributed by atoms with Crippen molar-refractivity contribution >= 4 is 43.9 Å². The third kappa shape index (κ3) is 3.97. The first-order valence-corrected chi connectivity index (χ1v) is 10.2. The molecule has 8 heteroatoms. The van der Waals surface area contributed by atoms with Gasteiger partial charge in [0.2, 0.25) is 0 Å². The van der Waals surface area contributed by atoms with Gasteiger partial charge in [-0.1, -0.05) is 17.4 Å². The summed E-state index contributed by atoms with van der Waals surface area (Å²) in [5, 5.41) is 5.34. The Labute approximate surface area is 169 Å². The van der Waals surface area contributed by atoms with Gasteiger partial charge in [0.15, 0.2) is 16.6 Å². The molecule has 0 saturated heterocycles. The molecule has 1 amide bonds. The number of nitrogens with one attached hydrogen (secondary N) is 1. The molecule has 2 aromatic heterocycles. The number of fused-ring (bicyclic) bond motifs is 1. The fraction of sp³-hybridized carbons (Fsp3) is 0.150. The Kier molecular flexibility index (Phi) is 5.23. The second-order valence-corrected chi connectivity index (χ2v) is 7.83.